The third kappa shape index (κ3) is 2.96. The summed E-state index contributed by atoms with van der Waals surface area (Å²) in [6, 6.07) is 5.78. The molecule has 2 fully saturated rings. The highest BCUT2D eigenvalue weighted by atomic mass is 16.5. The second kappa shape index (κ2) is 6.99. The van der Waals surface area contributed by atoms with Crippen LogP contribution in [0.5, 0.6) is 5.75 Å². The van der Waals surface area contributed by atoms with Gasteiger partial charge in [-0.25, -0.2) is 4.68 Å². The van der Waals surface area contributed by atoms with Gasteiger partial charge in [0, 0.05) is 13.1 Å². The van der Waals surface area contributed by atoms with Gasteiger partial charge in [0.15, 0.2) is 11.6 Å². The molecule has 0 unspecified atom stereocenters. The zero-order valence-corrected chi connectivity index (χ0v) is 15.6. The van der Waals surface area contributed by atoms with E-state index in [0.29, 0.717) is 48.4 Å². The van der Waals surface area contributed by atoms with Crippen molar-refractivity contribution in [1.82, 2.24) is 25.1 Å². The maximum Gasteiger partial charge on any atom is 0.234 e. The molecule has 0 spiro atoms. The fourth-order valence-corrected chi connectivity index (χ4v) is 3.63. The first-order valence-electron chi connectivity index (χ1n) is 9.47. The minimum Gasteiger partial charge on any atom is -0.490 e. The van der Waals surface area contributed by atoms with Crippen LogP contribution in [0.1, 0.15) is 24.6 Å². The SMILES string of the molecule is COc1c(CN2CCOCC2)oc2c(-c3nnnn3C3CC3)cccc2c1=O. The molecular formula is C19H21N5O4. The summed E-state index contributed by atoms with van der Waals surface area (Å²) < 4.78 is 18.9. The maximum absolute atomic E-state index is 13.1. The number of ether oxygens (including phenoxy) is 2. The van der Waals surface area contributed by atoms with E-state index in [1.807, 2.05) is 16.8 Å². The van der Waals surface area contributed by atoms with Crippen LogP contribution in [0.4, 0.5) is 0 Å². The first-order chi connectivity index (χ1) is 13.8. The largest absolute Gasteiger partial charge is 0.490 e. The van der Waals surface area contributed by atoms with Crippen molar-refractivity contribution < 1.29 is 13.9 Å². The minimum atomic E-state index is -0.181. The van der Waals surface area contributed by atoms with Gasteiger partial charge in [-0.15, -0.1) is 5.10 Å². The highest BCUT2D eigenvalue weighted by Crippen LogP contribution is 2.38. The van der Waals surface area contributed by atoms with E-state index in [4.69, 9.17) is 13.9 Å². The van der Waals surface area contributed by atoms with E-state index in [1.54, 1.807) is 6.07 Å². The third-order valence-electron chi connectivity index (χ3n) is 5.25. The number of benzene rings is 1. The fraction of sp³-hybridized carbons (Fsp3) is 0.474. The van der Waals surface area contributed by atoms with Gasteiger partial charge in [-0.05, 0) is 35.4 Å². The molecule has 1 aliphatic heterocycles. The quantitative estimate of drug-likeness (QED) is 0.656. The van der Waals surface area contributed by atoms with Crippen molar-refractivity contribution >= 4 is 11.0 Å². The second-order valence-corrected chi connectivity index (χ2v) is 7.14. The highest BCUT2D eigenvalue weighted by molar-refractivity contribution is 5.90. The third-order valence-corrected chi connectivity index (χ3v) is 5.25. The summed E-state index contributed by atoms with van der Waals surface area (Å²) in [6.45, 7) is 3.39. The van der Waals surface area contributed by atoms with E-state index in [2.05, 4.69) is 20.4 Å². The van der Waals surface area contributed by atoms with Crippen molar-refractivity contribution in [3.63, 3.8) is 0 Å². The average molecular weight is 383 g/mol. The van der Waals surface area contributed by atoms with Crippen LogP contribution in [0, 0.1) is 0 Å². The molecule has 5 rings (SSSR count). The van der Waals surface area contributed by atoms with E-state index in [9.17, 15) is 4.79 Å². The van der Waals surface area contributed by atoms with Crippen molar-refractivity contribution in [3.8, 4) is 17.1 Å². The second-order valence-electron chi connectivity index (χ2n) is 7.14. The zero-order chi connectivity index (χ0) is 19.1. The van der Waals surface area contributed by atoms with Crippen molar-refractivity contribution in [2.75, 3.05) is 33.4 Å². The molecule has 28 heavy (non-hydrogen) atoms. The summed E-state index contributed by atoms with van der Waals surface area (Å²) in [5.41, 5.74) is 1.03. The first kappa shape index (κ1) is 17.3. The van der Waals surface area contributed by atoms with Crippen LogP contribution in [-0.2, 0) is 11.3 Å². The smallest absolute Gasteiger partial charge is 0.234 e. The van der Waals surface area contributed by atoms with E-state index in [1.165, 1.54) is 7.11 Å². The Morgan fingerprint density at radius 1 is 1.25 bits per heavy atom. The van der Waals surface area contributed by atoms with Crippen LogP contribution in [0.3, 0.4) is 0 Å². The van der Waals surface area contributed by atoms with Gasteiger partial charge in [-0.2, -0.15) is 0 Å². The van der Waals surface area contributed by atoms with Crippen molar-refractivity contribution in [1.29, 1.82) is 0 Å². The van der Waals surface area contributed by atoms with Crippen LogP contribution in [0.25, 0.3) is 22.4 Å². The van der Waals surface area contributed by atoms with Gasteiger partial charge < -0.3 is 13.9 Å². The Kier molecular flexibility index (Phi) is 4.33. The Hall–Kier alpha value is -2.78. The Morgan fingerprint density at radius 2 is 2.07 bits per heavy atom. The minimum absolute atomic E-state index is 0.181. The molecule has 0 bridgehead atoms. The molecule has 0 radical (unpaired) electrons. The molecular weight excluding hydrogens is 362 g/mol. The lowest BCUT2D eigenvalue weighted by Gasteiger charge is -2.26. The van der Waals surface area contributed by atoms with Gasteiger partial charge in [-0.1, -0.05) is 6.07 Å². The molecule has 0 amide bonds. The standard InChI is InChI=1S/C19H21N5O4/c1-26-18-15(11-23-7-9-27-10-8-23)28-17-13(16(18)25)3-2-4-14(17)19-20-21-22-24(19)12-5-6-12/h2-4,12H,5-11H2,1H3. The molecule has 0 N–H and O–H groups in total. The highest BCUT2D eigenvalue weighted by Gasteiger charge is 2.30. The Bertz CT molecular complexity index is 1070. The molecule has 1 aromatic carbocycles. The topological polar surface area (TPSA) is 95.5 Å². The number of methoxy groups -OCH3 is 1. The molecule has 0 atom stereocenters. The summed E-state index contributed by atoms with van der Waals surface area (Å²) in [5.74, 6) is 1.39. The molecule has 1 saturated carbocycles. The fourth-order valence-electron chi connectivity index (χ4n) is 3.63. The van der Waals surface area contributed by atoms with Crippen LogP contribution in [0.2, 0.25) is 0 Å². The predicted octanol–water partition coefficient (Wildman–Crippen LogP) is 1.62. The van der Waals surface area contributed by atoms with Gasteiger partial charge in [0.1, 0.15) is 5.58 Å². The summed E-state index contributed by atoms with van der Waals surface area (Å²) in [6.07, 6.45) is 2.12. The normalized spacial score (nSPS) is 17.9. The molecule has 2 aliphatic rings. The monoisotopic (exact) mass is 383 g/mol. The van der Waals surface area contributed by atoms with E-state index in [0.717, 1.165) is 31.5 Å². The summed E-state index contributed by atoms with van der Waals surface area (Å²) in [7, 11) is 1.50. The number of fused-ring (bicyclic) bond motifs is 1. The van der Waals surface area contributed by atoms with Gasteiger partial charge in [-0.3, -0.25) is 9.69 Å². The van der Waals surface area contributed by atoms with Gasteiger partial charge in [0.2, 0.25) is 11.2 Å². The lowest BCUT2D eigenvalue weighted by molar-refractivity contribution is 0.0309. The molecule has 1 saturated heterocycles. The van der Waals surface area contributed by atoms with Crippen LogP contribution in [-0.4, -0.2) is 58.5 Å². The molecule has 1 aliphatic carbocycles. The van der Waals surface area contributed by atoms with Crippen LogP contribution < -0.4 is 10.2 Å². The molecule has 2 aromatic heterocycles. The molecule has 9 heteroatoms. The molecule has 3 aromatic rings. The van der Waals surface area contributed by atoms with Crippen molar-refractivity contribution in [3.05, 3.63) is 34.2 Å². The molecule has 3 heterocycles. The lowest BCUT2D eigenvalue weighted by atomic mass is 10.1. The van der Waals surface area contributed by atoms with Gasteiger partial charge in [0.25, 0.3) is 0 Å². The maximum atomic E-state index is 13.1. The summed E-state index contributed by atoms with van der Waals surface area (Å²) in [4.78, 5) is 15.3. The Balaban J connectivity index is 1.66. The summed E-state index contributed by atoms with van der Waals surface area (Å²) >= 11 is 0. The number of nitrogens with zero attached hydrogens (tertiary/aromatic N) is 5. The number of hydrogen-bond donors (Lipinski definition) is 0. The van der Waals surface area contributed by atoms with E-state index >= 15 is 0 Å². The average Bonchev–Trinajstić information content (AvgIpc) is 3.45. The Morgan fingerprint density at radius 3 is 2.82 bits per heavy atom. The van der Waals surface area contributed by atoms with E-state index in [-0.39, 0.29) is 11.2 Å². The predicted molar refractivity (Wildman–Crippen MR) is 100 cm³/mol. The first-order valence-corrected chi connectivity index (χ1v) is 9.47. The molecule has 146 valence electrons. The van der Waals surface area contributed by atoms with Gasteiger partial charge >= 0.3 is 0 Å². The zero-order valence-electron chi connectivity index (χ0n) is 15.6. The summed E-state index contributed by atoms with van der Waals surface area (Å²) in [5, 5.41) is 12.6. The number of para-hydroxylation sites is 1. The molecule has 9 nitrogen and oxygen atoms in total. The Labute approximate surface area is 160 Å². The van der Waals surface area contributed by atoms with Crippen molar-refractivity contribution in [2.45, 2.75) is 25.4 Å². The number of aromatic nitrogens is 4. The van der Waals surface area contributed by atoms with Gasteiger partial charge in [0.05, 0.1) is 43.9 Å². The number of morpholine rings is 1. The number of hydrogen-bond acceptors (Lipinski definition) is 8. The van der Waals surface area contributed by atoms with E-state index < -0.39 is 0 Å². The van der Waals surface area contributed by atoms with Crippen molar-refractivity contribution in [2.24, 2.45) is 0 Å². The number of tetrazole rings is 1. The van der Waals surface area contributed by atoms with Crippen LogP contribution >= 0.6 is 0 Å². The lowest BCUT2D eigenvalue weighted by Crippen LogP contribution is -2.36. The number of rotatable bonds is 5. The van der Waals surface area contributed by atoms with Crippen LogP contribution in [0.15, 0.2) is 27.4 Å².